The highest BCUT2D eigenvalue weighted by Gasteiger charge is 2.20. The molecule has 6 heteroatoms. The number of hydrogen-bond acceptors (Lipinski definition) is 5. The van der Waals surface area contributed by atoms with Crippen molar-refractivity contribution >= 4 is 11.9 Å². The molecule has 1 amide bonds. The first-order valence-electron chi connectivity index (χ1n) is 32.4. The minimum absolute atomic E-state index is 0.0129. The van der Waals surface area contributed by atoms with E-state index < -0.39 is 12.1 Å². The second kappa shape index (κ2) is 61.1. The van der Waals surface area contributed by atoms with Crippen molar-refractivity contribution in [3.8, 4) is 0 Å². The molecule has 71 heavy (non-hydrogen) atoms. The normalized spacial score (nSPS) is 12.6. The van der Waals surface area contributed by atoms with E-state index in [0.717, 1.165) is 44.9 Å². The maximum Gasteiger partial charge on any atom is 0.305 e. The van der Waals surface area contributed by atoms with Crippen molar-refractivity contribution in [2.75, 3.05) is 13.2 Å². The quantitative estimate of drug-likeness (QED) is 0.0320. The van der Waals surface area contributed by atoms with Gasteiger partial charge in [-0.3, -0.25) is 9.59 Å². The molecule has 0 spiro atoms. The van der Waals surface area contributed by atoms with Gasteiger partial charge in [0.25, 0.3) is 0 Å². The Labute approximate surface area is 444 Å². The second-order valence-corrected chi connectivity index (χ2v) is 22.5. The Morgan fingerprint density at radius 1 is 0.380 bits per heavy atom. The number of allylic oxidation sites excluding steroid dienone is 2. The Morgan fingerprint density at radius 3 is 1.00 bits per heavy atom. The number of aliphatic hydroxyl groups excluding tert-OH is 2. The van der Waals surface area contributed by atoms with Crippen LogP contribution in [0.1, 0.15) is 367 Å². The molecule has 6 nitrogen and oxygen atoms in total. The maximum atomic E-state index is 12.5. The molecule has 0 bridgehead atoms. The summed E-state index contributed by atoms with van der Waals surface area (Å²) in [6.45, 7) is 4.97. The summed E-state index contributed by atoms with van der Waals surface area (Å²) < 4.78 is 5.50. The smallest absolute Gasteiger partial charge is 0.305 e. The van der Waals surface area contributed by atoms with Gasteiger partial charge in [0.15, 0.2) is 0 Å². The van der Waals surface area contributed by atoms with Crippen LogP contribution in [0, 0.1) is 0 Å². The lowest BCUT2D eigenvalue weighted by Gasteiger charge is -2.22. The summed E-state index contributed by atoms with van der Waals surface area (Å²) in [6.07, 6.45) is 73.8. The van der Waals surface area contributed by atoms with Crippen molar-refractivity contribution in [1.29, 1.82) is 0 Å². The van der Waals surface area contributed by atoms with Crippen LogP contribution in [0.2, 0.25) is 0 Å². The number of ether oxygens (including phenoxy) is 1. The van der Waals surface area contributed by atoms with Gasteiger partial charge in [0.1, 0.15) is 0 Å². The van der Waals surface area contributed by atoms with Crippen LogP contribution in [0.15, 0.2) is 12.2 Å². The molecule has 0 aliphatic carbocycles. The van der Waals surface area contributed by atoms with Crippen molar-refractivity contribution in [2.45, 2.75) is 379 Å². The number of esters is 1. The van der Waals surface area contributed by atoms with Crippen LogP contribution in [-0.2, 0) is 14.3 Å². The number of unbranched alkanes of at least 4 members (excludes halogenated alkanes) is 48. The van der Waals surface area contributed by atoms with Gasteiger partial charge in [-0.05, 0) is 51.4 Å². The van der Waals surface area contributed by atoms with Gasteiger partial charge in [-0.15, -0.1) is 0 Å². The first-order valence-corrected chi connectivity index (χ1v) is 32.4. The molecule has 0 aliphatic rings. The summed E-state index contributed by atoms with van der Waals surface area (Å²) in [7, 11) is 0. The number of carbonyl (C=O) groups excluding carboxylic acids is 2. The fourth-order valence-corrected chi connectivity index (χ4v) is 10.3. The fourth-order valence-electron chi connectivity index (χ4n) is 10.3. The molecule has 0 radical (unpaired) electrons. The Bertz CT molecular complexity index is 1060. The lowest BCUT2D eigenvalue weighted by atomic mass is 10.0. The van der Waals surface area contributed by atoms with Crippen LogP contribution in [-0.4, -0.2) is 47.4 Å². The van der Waals surface area contributed by atoms with Crippen LogP contribution in [0.3, 0.4) is 0 Å². The van der Waals surface area contributed by atoms with Crippen molar-refractivity contribution in [3.05, 3.63) is 12.2 Å². The molecule has 0 saturated heterocycles. The van der Waals surface area contributed by atoms with Gasteiger partial charge < -0.3 is 20.3 Å². The second-order valence-electron chi connectivity index (χ2n) is 22.5. The van der Waals surface area contributed by atoms with Gasteiger partial charge in [0.05, 0.1) is 25.4 Å². The summed E-state index contributed by atoms with van der Waals surface area (Å²) in [5.41, 5.74) is 0. The third-order valence-corrected chi connectivity index (χ3v) is 15.3. The number of nitrogens with one attached hydrogen (secondary N) is 1. The SMILES string of the molecule is CCCCCCCC/C=C\CCCCCCCCCC(=O)OCCCCCCCCCCCCCCCCCCCCCCCCCCC(=O)NC(CO)C(O)CCCCCCCCCCCCCCC. The summed E-state index contributed by atoms with van der Waals surface area (Å²) >= 11 is 0. The average Bonchev–Trinajstić information content (AvgIpc) is 3.37. The van der Waals surface area contributed by atoms with Crippen molar-refractivity contribution in [1.82, 2.24) is 5.32 Å². The van der Waals surface area contributed by atoms with Crippen LogP contribution >= 0.6 is 0 Å². The third-order valence-electron chi connectivity index (χ3n) is 15.3. The molecule has 0 fully saturated rings. The minimum atomic E-state index is -0.662. The first-order chi connectivity index (χ1) is 35.0. The zero-order valence-corrected chi connectivity index (χ0v) is 48.2. The molecule has 2 atom stereocenters. The van der Waals surface area contributed by atoms with Gasteiger partial charge in [0, 0.05) is 12.8 Å². The molecule has 0 aromatic heterocycles. The monoisotopic (exact) mass is 1000 g/mol. The summed E-state index contributed by atoms with van der Waals surface area (Å²) in [6, 6.07) is -0.539. The number of rotatable bonds is 61. The number of aliphatic hydroxyl groups is 2. The molecule has 0 aliphatic heterocycles. The van der Waals surface area contributed by atoms with E-state index in [9.17, 15) is 19.8 Å². The zero-order valence-electron chi connectivity index (χ0n) is 48.2. The lowest BCUT2D eigenvalue weighted by Crippen LogP contribution is -2.45. The van der Waals surface area contributed by atoms with E-state index in [1.54, 1.807) is 0 Å². The Balaban J connectivity index is 3.34. The van der Waals surface area contributed by atoms with E-state index in [2.05, 4.69) is 31.3 Å². The Kier molecular flexibility index (Phi) is 59.9. The average molecular weight is 1000 g/mol. The Morgan fingerprint density at radius 2 is 0.662 bits per heavy atom. The number of hydrogen-bond donors (Lipinski definition) is 3. The zero-order chi connectivity index (χ0) is 51.4. The van der Waals surface area contributed by atoms with Crippen LogP contribution in [0.4, 0.5) is 0 Å². The summed E-state index contributed by atoms with van der Waals surface area (Å²) in [4.78, 5) is 24.6. The highest BCUT2D eigenvalue weighted by Crippen LogP contribution is 2.18. The van der Waals surface area contributed by atoms with E-state index in [1.807, 2.05) is 0 Å². The number of amides is 1. The fraction of sp³-hybridized carbons (Fsp3) is 0.938. The molecular formula is C65H127NO5. The predicted molar refractivity (Wildman–Crippen MR) is 310 cm³/mol. The standard InChI is InChI=1S/C65H127NO5/c1-3-5-7-9-11-13-15-17-18-27-31-35-39-43-47-51-55-59-65(70)71-60-56-52-48-44-40-36-32-29-26-24-22-20-19-21-23-25-28-30-34-38-42-46-50-54-58-64(69)66-62(61-67)63(68)57-53-49-45-41-37-33-16-14-12-10-8-6-4-2/h17-18,62-63,67-68H,3-16,19-61H2,1-2H3,(H,66,69)/b18-17-. The molecule has 0 aromatic rings. The van der Waals surface area contributed by atoms with Crippen molar-refractivity contribution in [3.63, 3.8) is 0 Å². The molecule has 0 saturated carbocycles. The maximum absolute atomic E-state index is 12.5. The van der Waals surface area contributed by atoms with Crippen molar-refractivity contribution < 1.29 is 24.5 Å². The third kappa shape index (κ3) is 57.7. The Hall–Kier alpha value is -1.40. The summed E-state index contributed by atoms with van der Waals surface area (Å²) in [5.74, 6) is -0.0190. The lowest BCUT2D eigenvalue weighted by molar-refractivity contribution is -0.143. The van der Waals surface area contributed by atoms with Crippen molar-refractivity contribution in [2.24, 2.45) is 0 Å². The van der Waals surface area contributed by atoms with Crippen LogP contribution in [0.5, 0.6) is 0 Å². The van der Waals surface area contributed by atoms with Gasteiger partial charge >= 0.3 is 5.97 Å². The molecular weight excluding hydrogens is 875 g/mol. The number of carbonyl (C=O) groups is 2. The minimum Gasteiger partial charge on any atom is -0.466 e. The molecule has 0 aromatic carbocycles. The highest BCUT2D eigenvalue weighted by molar-refractivity contribution is 5.76. The van der Waals surface area contributed by atoms with Gasteiger partial charge in [-0.25, -0.2) is 0 Å². The van der Waals surface area contributed by atoms with E-state index in [0.29, 0.717) is 25.9 Å². The van der Waals surface area contributed by atoms with Gasteiger partial charge in [-0.2, -0.15) is 0 Å². The highest BCUT2D eigenvalue weighted by atomic mass is 16.5. The molecule has 3 N–H and O–H groups in total. The molecule has 2 unspecified atom stereocenters. The van der Waals surface area contributed by atoms with E-state index in [4.69, 9.17) is 4.74 Å². The predicted octanol–water partition coefficient (Wildman–Crippen LogP) is 20.4. The van der Waals surface area contributed by atoms with Gasteiger partial charge in [0.2, 0.25) is 5.91 Å². The molecule has 0 rings (SSSR count). The van der Waals surface area contributed by atoms with E-state index >= 15 is 0 Å². The van der Waals surface area contributed by atoms with Gasteiger partial charge in [-0.1, -0.05) is 315 Å². The van der Waals surface area contributed by atoms with E-state index in [1.165, 1.54) is 289 Å². The van der Waals surface area contributed by atoms with Crippen LogP contribution in [0.25, 0.3) is 0 Å². The first kappa shape index (κ1) is 69.6. The molecule has 422 valence electrons. The largest absolute Gasteiger partial charge is 0.466 e. The molecule has 0 heterocycles. The van der Waals surface area contributed by atoms with Crippen LogP contribution < -0.4 is 5.32 Å². The topological polar surface area (TPSA) is 95.9 Å². The van der Waals surface area contributed by atoms with E-state index in [-0.39, 0.29) is 18.5 Å². The summed E-state index contributed by atoms with van der Waals surface area (Å²) in [5, 5.41) is 23.3.